The lowest BCUT2D eigenvalue weighted by Gasteiger charge is -2.40. The van der Waals surface area contributed by atoms with E-state index in [1.165, 1.54) is 0 Å². The summed E-state index contributed by atoms with van der Waals surface area (Å²) in [6, 6.07) is 15.5. The molecule has 1 saturated heterocycles. The molecule has 0 spiro atoms. The second-order valence-electron chi connectivity index (χ2n) is 10.8. The number of fused-ring (bicyclic) bond motifs is 2. The van der Waals surface area contributed by atoms with Crippen molar-refractivity contribution in [3.63, 3.8) is 0 Å². The van der Waals surface area contributed by atoms with Crippen LogP contribution in [0.1, 0.15) is 52.7 Å². The summed E-state index contributed by atoms with van der Waals surface area (Å²) >= 11 is 0. The van der Waals surface area contributed by atoms with Crippen LogP contribution in [-0.2, 0) is 9.53 Å². The third-order valence-corrected chi connectivity index (χ3v) is 7.55. The van der Waals surface area contributed by atoms with Gasteiger partial charge in [-0.25, -0.2) is 9.67 Å². The van der Waals surface area contributed by atoms with Crippen LogP contribution >= 0.6 is 0 Å². The third-order valence-electron chi connectivity index (χ3n) is 7.55. The Bertz CT molecular complexity index is 1460. The van der Waals surface area contributed by atoms with Crippen LogP contribution in [-0.4, -0.2) is 44.8 Å². The fourth-order valence-electron chi connectivity index (χ4n) is 5.36. The van der Waals surface area contributed by atoms with E-state index in [4.69, 9.17) is 9.72 Å². The number of ether oxygens (including phenoxy) is 1. The highest BCUT2D eigenvalue weighted by molar-refractivity contribution is 6.09. The first kappa shape index (κ1) is 25.3. The van der Waals surface area contributed by atoms with Gasteiger partial charge in [0, 0.05) is 29.9 Å². The van der Waals surface area contributed by atoms with Crippen LogP contribution in [0.15, 0.2) is 60.9 Å². The van der Waals surface area contributed by atoms with Crippen molar-refractivity contribution >= 4 is 45.6 Å². The van der Waals surface area contributed by atoms with Gasteiger partial charge < -0.3 is 15.0 Å². The fraction of sp³-hybridized carbons (Fsp3) is 0.400. The second-order valence-corrected chi connectivity index (χ2v) is 10.8. The number of nitrogens with zero attached hydrogens (tertiary/aromatic N) is 6. The van der Waals surface area contributed by atoms with Crippen LogP contribution in [0.4, 0.5) is 28.8 Å². The van der Waals surface area contributed by atoms with Crippen LogP contribution < -0.4 is 15.1 Å². The second kappa shape index (κ2) is 10.6. The fourth-order valence-corrected chi connectivity index (χ4v) is 5.36. The minimum Gasteiger partial charge on any atom is -0.356 e. The molecule has 2 unspecified atom stereocenters. The van der Waals surface area contributed by atoms with E-state index in [0.717, 1.165) is 66.9 Å². The van der Waals surface area contributed by atoms with E-state index in [1.807, 2.05) is 54.2 Å². The number of hydrogen-bond donors (Lipinski definition) is 1. The van der Waals surface area contributed by atoms with Gasteiger partial charge in [-0.1, -0.05) is 32.0 Å². The number of para-hydroxylation sites is 1. The van der Waals surface area contributed by atoms with Crippen LogP contribution in [0.25, 0.3) is 10.9 Å². The van der Waals surface area contributed by atoms with Crippen molar-refractivity contribution in [2.75, 3.05) is 28.3 Å². The number of rotatable bonds is 7. The van der Waals surface area contributed by atoms with Gasteiger partial charge in [-0.2, -0.15) is 10.1 Å². The predicted octanol–water partition coefficient (Wildman–Crippen LogP) is 6.19. The molecule has 0 bridgehead atoms. The molecule has 2 aliphatic heterocycles. The topological polar surface area (TPSA) is 88.4 Å². The SMILES string of the molecule is CC(C)CCN1c2nc(Nc3ccc4c(cnn4C4CCCCO4)c3)ncc2N(c2ccccc2)C(=O)C1C. The van der Waals surface area contributed by atoms with Gasteiger partial charge in [-0.3, -0.25) is 9.69 Å². The van der Waals surface area contributed by atoms with Crippen molar-refractivity contribution in [3.05, 3.63) is 60.9 Å². The lowest BCUT2D eigenvalue weighted by molar-refractivity contribution is -0.119. The molecule has 4 heterocycles. The molecule has 9 heteroatoms. The maximum absolute atomic E-state index is 13.6. The lowest BCUT2D eigenvalue weighted by atomic mass is 10.1. The summed E-state index contributed by atoms with van der Waals surface area (Å²) in [5.41, 5.74) is 3.43. The Kier molecular flexibility index (Phi) is 6.91. The number of aromatic nitrogens is 4. The van der Waals surface area contributed by atoms with Gasteiger partial charge in [-0.05, 0) is 68.9 Å². The molecule has 202 valence electrons. The molecule has 0 saturated carbocycles. The summed E-state index contributed by atoms with van der Waals surface area (Å²) < 4.78 is 7.93. The number of benzene rings is 2. The lowest BCUT2D eigenvalue weighted by Crippen LogP contribution is -2.51. The van der Waals surface area contributed by atoms with Crippen molar-refractivity contribution in [1.29, 1.82) is 0 Å². The highest BCUT2D eigenvalue weighted by Crippen LogP contribution is 2.40. The van der Waals surface area contributed by atoms with Gasteiger partial charge >= 0.3 is 0 Å². The first-order chi connectivity index (χ1) is 19.0. The molecule has 4 aromatic rings. The molecule has 2 aromatic heterocycles. The third kappa shape index (κ3) is 4.94. The molecule has 1 amide bonds. The van der Waals surface area contributed by atoms with Crippen LogP contribution in [0.5, 0.6) is 0 Å². The van der Waals surface area contributed by atoms with E-state index in [0.29, 0.717) is 17.6 Å². The van der Waals surface area contributed by atoms with E-state index in [2.05, 4.69) is 46.3 Å². The summed E-state index contributed by atoms with van der Waals surface area (Å²) in [7, 11) is 0. The molecule has 2 atom stereocenters. The average molecular weight is 526 g/mol. The number of carbonyl (C=O) groups is 1. The minimum absolute atomic E-state index is 0.00637. The first-order valence-corrected chi connectivity index (χ1v) is 13.9. The summed E-state index contributed by atoms with van der Waals surface area (Å²) in [6.45, 7) is 7.86. The van der Waals surface area contributed by atoms with Crippen molar-refractivity contribution in [2.45, 2.75) is 58.7 Å². The Morgan fingerprint density at radius 3 is 2.72 bits per heavy atom. The van der Waals surface area contributed by atoms with Gasteiger partial charge in [-0.15, -0.1) is 0 Å². The number of anilines is 5. The van der Waals surface area contributed by atoms with Crippen molar-refractivity contribution in [2.24, 2.45) is 5.92 Å². The van der Waals surface area contributed by atoms with Gasteiger partial charge in [0.1, 0.15) is 11.7 Å². The molecule has 9 nitrogen and oxygen atoms in total. The Balaban J connectivity index is 1.32. The standard InChI is InChI=1S/C30H35N7O2/c1-20(2)14-15-35-21(3)29(38)36(24-9-5-4-6-10-24)26-19-31-30(34-28(26)35)33-23-12-13-25-22(17-23)18-32-37(25)27-11-7-8-16-39-27/h4-6,9-10,12-13,17-21,27H,7-8,11,14-16H2,1-3H3,(H,31,33,34). The Morgan fingerprint density at radius 2 is 1.95 bits per heavy atom. The number of carbonyl (C=O) groups excluding carboxylic acids is 1. The summed E-state index contributed by atoms with van der Waals surface area (Å²) in [6.07, 6.45) is 7.82. The van der Waals surface area contributed by atoms with Crippen LogP contribution in [0, 0.1) is 5.92 Å². The molecule has 2 aromatic carbocycles. The quantitative estimate of drug-likeness (QED) is 0.308. The highest BCUT2D eigenvalue weighted by atomic mass is 16.5. The summed E-state index contributed by atoms with van der Waals surface area (Å²) in [4.78, 5) is 27.0. The Hall–Kier alpha value is -3.98. The first-order valence-electron chi connectivity index (χ1n) is 13.9. The molecule has 2 aliphatic rings. The molecule has 0 radical (unpaired) electrons. The van der Waals surface area contributed by atoms with E-state index in [9.17, 15) is 4.79 Å². The molecule has 39 heavy (non-hydrogen) atoms. The van der Waals surface area contributed by atoms with E-state index in [1.54, 1.807) is 11.1 Å². The predicted molar refractivity (Wildman–Crippen MR) is 154 cm³/mol. The van der Waals surface area contributed by atoms with Crippen molar-refractivity contribution in [1.82, 2.24) is 19.7 Å². The number of hydrogen-bond acceptors (Lipinski definition) is 7. The Morgan fingerprint density at radius 1 is 1.10 bits per heavy atom. The normalized spacial score (nSPS) is 19.5. The van der Waals surface area contributed by atoms with Crippen LogP contribution in [0.2, 0.25) is 0 Å². The maximum atomic E-state index is 13.6. The van der Waals surface area contributed by atoms with E-state index < -0.39 is 0 Å². The zero-order valence-electron chi connectivity index (χ0n) is 22.7. The summed E-state index contributed by atoms with van der Waals surface area (Å²) in [5, 5.41) is 9.02. The Labute approximate surface area is 228 Å². The van der Waals surface area contributed by atoms with E-state index in [-0.39, 0.29) is 18.2 Å². The smallest absolute Gasteiger partial charge is 0.254 e. The van der Waals surface area contributed by atoms with Gasteiger partial charge in [0.15, 0.2) is 12.0 Å². The average Bonchev–Trinajstić information content (AvgIpc) is 3.38. The van der Waals surface area contributed by atoms with Gasteiger partial charge in [0.2, 0.25) is 5.95 Å². The zero-order chi connectivity index (χ0) is 26.9. The zero-order valence-corrected chi connectivity index (χ0v) is 22.7. The van der Waals surface area contributed by atoms with E-state index >= 15 is 0 Å². The highest BCUT2D eigenvalue weighted by Gasteiger charge is 2.38. The monoisotopic (exact) mass is 525 g/mol. The molecule has 0 aliphatic carbocycles. The molecule has 1 N–H and O–H groups in total. The van der Waals surface area contributed by atoms with Crippen molar-refractivity contribution in [3.8, 4) is 0 Å². The summed E-state index contributed by atoms with van der Waals surface area (Å²) in [5.74, 6) is 1.77. The molecular formula is C30H35N7O2. The maximum Gasteiger partial charge on any atom is 0.254 e. The van der Waals surface area contributed by atoms with Gasteiger partial charge in [0.05, 0.1) is 17.9 Å². The molecular weight excluding hydrogens is 490 g/mol. The molecule has 1 fully saturated rings. The number of nitrogens with one attached hydrogen (secondary N) is 1. The number of amides is 1. The molecule has 6 rings (SSSR count). The van der Waals surface area contributed by atoms with Gasteiger partial charge in [0.25, 0.3) is 5.91 Å². The largest absolute Gasteiger partial charge is 0.356 e. The minimum atomic E-state index is -0.344. The van der Waals surface area contributed by atoms with Crippen LogP contribution in [0.3, 0.4) is 0 Å². The van der Waals surface area contributed by atoms with Crippen molar-refractivity contribution < 1.29 is 9.53 Å².